The van der Waals surface area contributed by atoms with Crippen LogP contribution in [0.3, 0.4) is 0 Å². The number of rotatable bonds is 1. The van der Waals surface area contributed by atoms with E-state index in [1.165, 1.54) is 5.56 Å². The molecule has 0 aliphatic carbocycles. The second kappa shape index (κ2) is 4.00. The van der Waals surface area contributed by atoms with Crippen molar-refractivity contribution in [1.29, 1.82) is 0 Å². The standard InChI is InChI=1S/C14H10BrNO/c1-9-3-2-4-10(7-9)14-16-12-6-5-11(15)8-13(12)17-14/h2-8H,1H3. The molecular formula is C14H10BrNO. The van der Waals surface area contributed by atoms with Gasteiger partial charge in [-0.1, -0.05) is 33.6 Å². The number of hydrogen-bond acceptors (Lipinski definition) is 2. The van der Waals surface area contributed by atoms with Gasteiger partial charge in [0, 0.05) is 10.0 Å². The van der Waals surface area contributed by atoms with Crippen LogP contribution in [0.1, 0.15) is 5.56 Å². The maximum absolute atomic E-state index is 5.75. The Morgan fingerprint density at radius 2 is 2.00 bits per heavy atom. The molecule has 0 saturated heterocycles. The van der Waals surface area contributed by atoms with Gasteiger partial charge >= 0.3 is 0 Å². The van der Waals surface area contributed by atoms with Gasteiger partial charge in [-0.3, -0.25) is 0 Å². The zero-order valence-corrected chi connectivity index (χ0v) is 10.9. The smallest absolute Gasteiger partial charge is 0.227 e. The summed E-state index contributed by atoms with van der Waals surface area (Å²) in [5.41, 5.74) is 3.89. The summed E-state index contributed by atoms with van der Waals surface area (Å²) in [5, 5.41) is 0. The van der Waals surface area contributed by atoms with Gasteiger partial charge in [0.1, 0.15) is 5.52 Å². The van der Waals surface area contributed by atoms with Crippen molar-refractivity contribution in [1.82, 2.24) is 4.98 Å². The van der Waals surface area contributed by atoms with Crippen molar-refractivity contribution in [2.24, 2.45) is 0 Å². The van der Waals surface area contributed by atoms with Crippen molar-refractivity contribution in [2.75, 3.05) is 0 Å². The average Bonchev–Trinajstić information content (AvgIpc) is 2.72. The summed E-state index contributed by atoms with van der Waals surface area (Å²) in [5.74, 6) is 0.668. The Morgan fingerprint density at radius 3 is 2.82 bits per heavy atom. The van der Waals surface area contributed by atoms with E-state index in [0.717, 1.165) is 21.1 Å². The van der Waals surface area contributed by atoms with Crippen molar-refractivity contribution in [3.05, 3.63) is 52.5 Å². The number of hydrogen-bond donors (Lipinski definition) is 0. The Bertz CT molecular complexity index is 688. The molecule has 2 nitrogen and oxygen atoms in total. The molecule has 0 bridgehead atoms. The lowest BCUT2D eigenvalue weighted by Crippen LogP contribution is -1.78. The summed E-state index contributed by atoms with van der Waals surface area (Å²) in [6, 6.07) is 14.0. The molecule has 3 aromatic rings. The maximum Gasteiger partial charge on any atom is 0.227 e. The lowest BCUT2D eigenvalue weighted by molar-refractivity contribution is 0.619. The van der Waals surface area contributed by atoms with Crippen LogP contribution in [0.25, 0.3) is 22.6 Å². The molecule has 1 heterocycles. The van der Waals surface area contributed by atoms with Gasteiger partial charge in [-0.15, -0.1) is 0 Å². The molecular weight excluding hydrogens is 278 g/mol. The predicted octanol–water partition coefficient (Wildman–Crippen LogP) is 4.57. The van der Waals surface area contributed by atoms with Crippen LogP contribution >= 0.6 is 15.9 Å². The summed E-state index contributed by atoms with van der Waals surface area (Å²) in [6.45, 7) is 2.06. The molecule has 2 aromatic carbocycles. The summed E-state index contributed by atoms with van der Waals surface area (Å²) in [6.07, 6.45) is 0. The molecule has 0 aliphatic rings. The third kappa shape index (κ3) is 1.98. The summed E-state index contributed by atoms with van der Waals surface area (Å²) < 4.78 is 6.75. The molecule has 17 heavy (non-hydrogen) atoms. The Labute approximate surface area is 107 Å². The third-order valence-electron chi connectivity index (χ3n) is 2.62. The Kier molecular flexibility index (Phi) is 2.48. The molecule has 0 saturated carbocycles. The quantitative estimate of drug-likeness (QED) is 0.655. The third-order valence-corrected chi connectivity index (χ3v) is 3.11. The summed E-state index contributed by atoms with van der Waals surface area (Å²) in [4.78, 5) is 4.48. The topological polar surface area (TPSA) is 26.0 Å². The SMILES string of the molecule is Cc1cccc(-c2nc3ccc(Br)cc3o2)c1. The second-order valence-corrected chi connectivity index (χ2v) is 4.92. The number of halogens is 1. The molecule has 0 spiro atoms. The second-order valence-electron chi connectivity index (χ2n) is 4.00. The number of fused-ring (bicyclic) bond motifs is 1. The molecule has 84 valence electrons. The van der Waals surface area contributed by atoms with Crippen LogP contribution in [0, 0.1) is 6.92 Å². The highest BCUT2D eigenvalue weighted by atomic mass is 79.9. The average molecular weight is 288 g/mol. The molecule has 0 fully saturated rings. The van der Waals surface area contributed by atoms with Gasteiger partial charge in [-0.05, 0) is 37.3 Å². The maximum atomic E-state index is 5.75. The van der Waals surface area contributed by atoms with Gasteiger partial charge in [-0.25, -0.2) is 4.98 Å². The van der Waals surface area contributed by atoms with Crippen LogP contribution in [0.15, 0.2) is 51.4 Å². The van der Waals surface area contributed by atoms with Crippen LogP contribution in [-0.4, -0.2) is 4.98 Å². The number of aromatic nitrogens is 1. The van der Waals surface area contributed by atoms with E-state index in [2.05, 4.69) is 40.0 Å². The Hall–Kier alpha value is -1.61. The normalized spacial score (nSPS) is 10.9. The first kappa shape index (κ1) is 10.5. The zero-order chi connectivity index (χ0) is 11.8. The number of oxazole rings is 1. The van der Waals surface area contributed by atoms with Crippen LogP contribution in [0.2, 0.25) is 0 Å². The van der Waals surface area contributed by atoms with E-state index >= 15 is 0 Å². The van der Waals surface area contributed by atoms with E-state index in [1.807, 2.05) is 30.3 Å². The van der Waals surface area contributed by atoms with Crippen molar-refractivity contribution in [3.8, 4) is 11.5 Å². The highest BCUT2D eigenvalue weighted by Gasteiger charge is 2.08. The van der Waals surface area contributed by atoms with Gasteiger partial charge in [0.05, 0.1) is 0 Å². The van der Waals surface area contributed by atoms with E-state index in [9.17, 15) is 0 Å². The fourth-order valence-electron chi connectivity index (χ4n) is 1.80. The van der Waals surface area contributed by atoms with Crippen molar-refractivity contribution >= 4 is 27.0 Å². The van der Waals surface area contributed by atoms with Gasteiger partial charge in [0.2, 0.25) is 5.89 Å². The molecule has 0 radical (unpaired) electrons. The molecule has 0 N–H and O–H groups in total. The summed E-state index contributed by atoms with van der Waals surface area (Å²) in [7, 11) is 0. The fourth-order valence-corrected chi connectivity index (χ4v) is 2.14. The minimum absolute atomic E-state index is 0.668. The highest BCUT2D eigenvalue weighted by molar-refractivity contribution is 9.10. The van der Waals surface area contributed by atoms with Crippen LogP contribution in [0.4, 0.5) is 0 Å². The van der Waals surface area contributed by atoms with Gasteiger partial charge in [0.15, 0.2) is 5.58 Å². The number of nitrogens with zero attached hydrogens (tertiary/aromatic N) is 1. The van der Waals surface area contributed by atoms with E-state index in [4.69, 9.17) is 4.42 Å². The van der Waals surface area contributed by atoms with Crippen LogP contribution in [-0.2, 0) is 0 Å². The molecule has 3 rings (SSSR count). The van der Waals surface area contributed by atoms with Gasteiger partial charge < -0.3 is 4.42 Å². The number of aryl methyl sites for hydroxylation is 1. The van der Waals surface area contributed by atoms with Crippen molar-refractivity contribution < 1.29 is 4.42 Å². The van der Waals surface area contributed by atoms with Gasteiger partial charge in [0.25, 0.3) is 0 Å². The van der Waals surface area contributed by atoms with Crippen LogP contribution < -0.4 is 0 Å². The van der Waals surface area contributed by atoms with E-state index in [1.54, 1.807) is 0 Å². The molecule has 1 aromatic heterocycles. The van der Waals surface area contributed by atoms with Gasteiger partial charge in [-0.2, -0.15) is 0 Å². The monoisotopic (exact) mass is 287 g/mol. The molecule has 0 aliphatic heterocycles. The van der Waals surface area contributed by atoms with Crippen molar-refractivity contribution in [3.63, 3.8) is 0 Å². The largest absolute Gasteiger partial charge is 0.436 e. The molecule has 0 unspecified atom stereocenters. The van der Waals surface area contributed by atoms with E-state index in [0.29, 0.717) is 5.89 Å². The minimum Gasteiger partial charge on any atom is -0.436 e. The summed E-state index contributed by atoms with van der Waals surface area (Å²) >= 11 is 3.42. The van der Waals surface area contributed by atoms with Crippen LogP contribution in [0.5, 0.6) is 0 Å². The van der Waals surface area contributed by atoms with E-state index < -0.39 is 0 Å². The Morgan fingerprint density at radius 1 is 1.12 bits per heavy atom. The minimum atomic E-state index is 0.668. The predicted molar refractivity (Wildman–Crippen MR) is 71.9 cm³/mol. The first-order valence-electron chi connectivity index (χ1n) is 5.35. The molecule has 0 amide bonds. The fraction of sp³-hybridized carbons (Fsp3) is 0.0714. The lowest BCUT2D eigenvalue weighted by atomic mass is 10.1. The zero-order valence-electron chi connectivity index (χ0n) is 9.27. The highest BCUT2D eigenvalue weighted by Crippen LogP contribution is 2.26. The first-order valence-corrected chi connectivity index (χ1v) is 6.15. The molecule has 0 atom stereocenters. The van der Waals surface area contributed by atoms with Crippen molar-refractivity contribution in [2.45, 2.75) is 6.92 Å². The molecule has 3 heteroatoms. The first-order chi connectivity index (χ1) is 8.22. The van der Waals surface area contributed by atoms with E-state index in [-0.39, 0.29) is 0 Å². The Balaban J connectivity index is 2.18. The number of benzene rings is 2. The lowest BCUT2D eigenvalue weighted by Gasteiger charge is -1.95.